The Morgan fingerprint density at radius 3 is 2.69 bits per heavy atom. The van der Waals surface area contributed by atoms with Gasteiger partial charge in [-0.1, -0.05) is 31.0 Å². The van der Waals surface area contributed by atoms with E-state index in [9.17, 15) is 4.79 Å². The van der Waals surface area contributed by atoms with Gasteiger partial charge >= 0.3 is 0 Å². The van der Waals surface area contributed by atoms with Crippen LogP contribution in [0.15, 0.2) is 41.8 Å². The molecule has 1 saturated carbocycles. The van der Waals surface area contributed by atoms with E-state index < -0.39 is 0 Å². The number of rotatable bonds is 3. The Bertz CT molecular complexity index is 1280. The number of piperazine rings is 1. The van der Waals surface area contributed by atoms with E-state index in [-0.39, 0.29) is 12.0 Å². The third-order valence-corrected chi connectivity index (χ3v) is 7.73. The lowest BCUT2D eigenvalue weighted by molar-refractivity contribution is -0.137. The van der Waals surface area contributed by atoms with Crippen LogP contribution in [0.2, 0.25) is 0 Å². The van der Waals surface area contributed by atoms with Crippen LogP contribution in [0, 0.1) is 5.92 Å². The minimum atomic E-state index is 0.141. The van der Waals surface area contributed by atoms with Crippen LogP contribution in [0.5, 0.6) is 0 Å². The number of amides is 1. The van der Waals surface area contributed by atoms with E-state index in [4.69, 9.17) is 4.98 Å². The predicted octanol–water partition coefficient (Wildman–Crippen LogP) is 4.23. The molecule has 8 heteroatoms. The second-order valence-electron chi connectivity index (χ2n) is 8.90. The van der Waals surface area contributed by atoms with E-state index in [0.717, 1.165) is 65.7 Å². The lowest BCUT2D eigenvalue weighted by atomic mass is 10.0. The molecule has 1 aliphatic heterocycles. The molecule has 2 fully saturated rings. The van der Waals surface area contributed by atoms with Gasteiger partial charge in [0, 0.05) is 37.0 Å². The van der Waals surface area contributed by atoms with E-state index >= 15 is 0 Å². The monoisotopic (exact) mass is 446 g/mol. The Morgan fingerprint density at radius 1 is 1.06 bits per heavy atom. The van der Waals surface area contributed by atoms with Gasteiger partial charge in [0.05, 0.1) is 10.4 Å². The third-order valence-electron chi connectivity index (χ3n) is 6.87. The van der Waals surface area contributed by atoms with Crippen molar-refractivity contribution in [3.63, 3.8) is 0 Å². The number of aromatic nitrogens is 4. The quantitative estimate of drug-likeness (QED) is 0.471. The summed E-state index contributed by atoms with van der Waals surface area (Å²) in [6.45, 7) is 4.39. The number of thiophene rings is 1. The van der Waals surface area contributed by atoms with Crippen molar-refractivity contribution in [2.75, 3.05) is 24.5 Å². The van der Waals surface area contributed by atoms with Gasteiger partial charge in [0.1, 0.15) is 0 Å². The van der Waals surface area contributed by atoms with Gasteiger partial charge in [0.15, 0.2) is 11.5 Å². The van der Waals surface area contributed by atoms with Crippen LogP contribution in [-0.2, 0) is 4.79 Å². The van der Waals surface area contributed by atoms with Gasteiger partial charge in [0.25, 0.3) is 0 Å². The summed E-state index contributed by atoms with van der Waals surface area (Å²) in [5, 5.41) is 12.2. The highest BCUT2D eigenvalue weighted by molar-refractivity contribution is 7.13. The third kappa shape index (κ3) is 3.16. The maximum Gasteiger partial charge on any atom is 0.226 e. The van der Waals surface area contributed by atoms with Crippen molar-refractivity contribution in [2.24, 2.45) is 5.92 Å². The largest absolute Gasteiger partial charge is 0.338 e. The summed E-state index contributed by atoms with van der Waals surface area (Å²) < 4.78 is 2.09. The first-order chi connectivity index (χ1) is 15.7. The van der Waals surface area contributed by atoms with Crippen LogP contribution < -0.4 is 4.90 Å². The maximum absolute atomic E-state index is 13.1. The fraction of sp³-hybridized carbons (Fsp3) is 0.417. The zero-order valence-electron chi connectivity index (χ0n) is 18.1. The summed E-state index contributed by atoms with van der Waals surface area (Å²) >= 11 is 1.65. The van der Waals surface area contributed by atoms with Crippen molar-refractivity contribution < 1.29 is 4.79 Å². The first-order valence-corrected chi connectivity index (χ1v) is 12.3. The zero-order chi connectivity index (χ0) is 21.7. The first kappa shape index (κ1) is 19.7. The molecule has 4 aromatic rings. The molecule has 1 atom stereocenters. The molecule has 0 radical (unpaired) electrons. The van der Waals surface area contributed by atoms with Gasteiger partial charge in [-0.3, -0.25) is 4.79 Å². The molecule has 0 N–H and O–H groups in total. The molecule has 32 heavy (non-hydrogen) atoms. The Hall–Kier alpha value is -3.00. The number of carbonyl (C=O) groups is 1. The van der Waals surface area contributed by atoms with Crippen molar-refractivity contribution in [1.29, 1.82) is 0 Å². The first-order valence-electron chi connectivity index (χ1n) is 11.4. The van der Waals surface area contributed by atoms with Gasteiger partial charge in [-0.05, 0) is 43.3 Å². The lowest BCUT2D eigenvalue weighted by Crippen LogP contribution is -2.55. The van der Waals surface area contributed by atoms with Crippen LogP contribution in [-0.4, -0.2) is 56.1 Å². The lowest BCUT2D eigenvalue weighted by Gasteiger charge is -2.41. The zero-order valence-corrected chi connectivity index (χ0v) is 19.0. The van der Waals surface area contributed by atoms with Gasteiger partial charge in [-0.25, -0.2) is 9.38 Å². The minimum absolute atomic E-state index is 0.141. The van der Waals surface area contributed by atoms with Crippen molar-refractivity contribution >= 4 is 39.7 Å². The Labute approximate surface area is 190 Å². The molecule has 1 aromatic carbocycles. The average Bonchev–Trinajstić information content (AvgIpc) is 3.59. The van der Waals surface area contributed by atoms with Crippen LogP contribution in [0.4, 0.5) is 5.95 Å². The van der Waals surface area contributed by atoms with Gasteiger partial charge in [-0.2, -0.15) is 0 Å². The standard InChI is InChI=1S/C24H26N6OS/c1-16-15-28(12-13-29(16)23(31)17-7-2-3-8-17)24-25-19-10-5-4-9-18(19)21-26-27-22(30(21)24)20-11-6-14-32-20/h4-6,9-11,14,16-17H,2-3,7-8,12-13,15H2,1H3/t16-/m1/s1. The van der Waals surface area contributed by atoms with E-state index in [1.165, 1.54) is 12.8 Å². The number of nitrogens with zero attached hydrogens (tertiary/aromatic N) is 6. The molecule has 2 aliphatic rings. The second kappa shape index (κ2) is 7.85. The fourth-order valence-electron chi connectivity index (χ4n) is 5.22. The Kier molecular flexibility index (Phi) is 4.82. The molecule has 164 valence electrons. The summed E-state index contributed by atoms with van der Waals surface area (Å²) in [5.74, 6) is 2.24. The molecular weight excluding hydrogens is 420 g/mol. The number of hydrogen-bond acceptors (Lipinski definition) is 6. The van der Waals surface area contributed by atoms with Crippen LogP contribution in [0.3, 0.4) is 0 Å². The number of benzene rings is 1. The van der Waals surface area contributed by atoms with E-state index in [2.05, 4.69) is 48.8 Å². The van der Waals surface area contributed by atoms with Gasteiger partial charge < -0.3 is 9.80 Å². The molecule has 4 heterocycles. The highest BCUT2D eigenvalue weighted by Gasteiger charge is 2.34. The summed E-state index contributed by atoms with van der Waals surface area (Å²) in [6.07, 6.45) is 4.46. The number of para-hydroxylation sites is 1. The van der Waals surface area contributed by atoms with Gasteiger partial charge in [0.2, 0.25) is 11.9 Å². The second-order valence-corrected chi connectivity index (χ2v) is 9.84. The van der Waals surface area contributed by atoms with Crippen LogP contribution in [0.25, 0.3) is 27.3 Å². The normalized spacial score (nSPS) is 20.0. The van der Waals surface area contributed by atoms with Crippen molar-refractivity contribution in [2.45, 2.75) is 38.6 Å². The van der Waals surface area contributed by atoms with E-state index in [0.29, 0.717) is 5.91 Å². The minimum Gasteiger partial charge on any atom is -0.338 e. The molecule has 0 spiro atoms. The van der Waals surface area contributed by atoms with Gasteiger partial charge in [-0.15, -0.1) is 21.5 Å². The van der Waals surface area contributed by atoms with Crippen LogP contribution >= 0.6 is 11.3 Å². The number of anilines is 1. The summed E-state index contributed by atoms with van der Waals surface area (Å²) in [5.41, 5.74) is 1.74. The van der Waals surface area contributed by atoms with E-state index in [1.807, 2.05) is 24.3 Å². The molecule has 1 aliphatic carbocycles. The summed E-state index contributed by atoms with van der Waals surface area (Å²) in [7, 11) is 0. The van der Waals surface area contributed by atoms with Crippen molar-refractivity contribution in [1.82, 2.24) is 24.5 Å². The highest BCUT2D eigenvalue weighted by atomic mass is 32.1. The molecule has 7 nitrogen and oxygen atoms in total. The number of carbonyl (C=O) groups excluding carboxylic acids is 1. The Balaban J connectivity index is 1.40. The molecule has 0 bridgehead atoms. The predicted molar refractivity (Wildman–Crippen MR) is 127 cm³/mol. The molecule has 1 amide bonds. The molecule has 0 unspecified atom stereocenters. The smallest absolute Gasteiger partial charge is 0.226 e. The average molecular weight is 447 g/mol. The highest BCUT2D eigenvalue weighted by Crippen LogP contribution is 2.32. The topological polar surface area (TPSA) is 66.6 Å². The van der Waals surface area contributed by atoms with Crippen molar-refractivity contribution in [3.05, 3.63) is 41.8 Å². The van der Waals surface area contributed by atoms with Crippen LogP contribution in [0.1, 0.15) is 32.6 Å². The Morgan fingerprint density at radius 2 is 1.91 bits per heavy atom. The molecule has 6 rings (SSSR count). The summed E-state index contributed by atoms with van der Waals surface area (Å²) in [4.78, 5) is 23.6. The van der Waals surface area contributed by atoms with E-state index in [1.54, 1.807) is 11.3 Å². The molecule has 1 saturated heterocycles. The SMILES string of the molecule is C[C@@H]1CN(c2nc3ccccc3c3nnc(-c4cccs4)n23)CCN1C(=O)C1CCCC1. The maximum atomic E-state index is 13.1. The fourth-order valence-corrected chi connectivity index (χ4v) is 5.92. The number of fused-ring (bicyclic) bond motifs is 3. The molecular formula is C24H26N6OS. The number of hydrogen-bond donors (Lipinski definition) is 0. The molecule has 3 aromatic heterocycles. The summed E-state index contributed by atoms with van der Waals surface area (Å²) in [6, 6.07) is 12.3. The van der Waals surface area contributed by atoms with Crippen molar-refractivity contribution in [3.8, 4) is 10.7 Å².